The lowest BCUT2D eigenvalue weighted by Crippen LogP contribution is -2.47. The molecule has 0 fully saturated rings. The molecular weight excluding hydrogens is 439 g/mol. The maximum atomic E-state index is 13.5. The minimum atomic E-state index is -0.734. The Balaban J connectivity index is 1.62. The van der Waals surface area contributed by atoms with Crippen LogP contribution in [0, 0.1) is 6.92 Å². The van der Waals surface area contributed by atoms with Gasteiger partial charge < -0.3 is 20.4 Å². The summed E-state index contributed by atoms with van der Waals surface area (Å²) in [6.07, 6.45) is 0.633. The lowest BCUT2D eigenvalue weighted by molar-refractivity contribution is -0.118. The van der Waals surface area contributed by atoms with Crippen LogP contribution in [-0.2, 0) is 16.2 Å². The van der Waals surface area contributed by atoms with Gasteiger partial charge in [-0.3, -0.25) is 9.89 Å². The van der Waals surface area contributed by atoms with Crippen molar-refractivity contribution in [1.82, 2.24) is 15.4 Å². The quantitative estimate of drug-likeness (QED) is 0.212. The standard InChI is InChI=1S/C27H26BN4O3/c1-18-24(23(16-33)32-31-18)21-12-14-22(15-13-21)29-27(35)26(30-28-17-34)25(19-8-4-2-5-9-19)20-10-6-3-7-11-20/h2-15,17,25-26,30,33H,16H2,1H3,(H,29,35)(H,31,32)/t26-/m0/s1. The number of H-pyrrole nitrogens is 1. The number of carbonyl (C=O) groups excluding carboxylic acids is 2. The molecule has 0 saturated heterocycles. The molecule has 0 aliphatic heterocycles. The van der Waals surface area contributed by atoms with E-state index in [-0.39, 0.29) is 18.4 Å². The molecule has 4 N–H and O–H groups in total. The van der Waals surface area contributed by atoms with Crippen LogP contribution in [0.15, 0.2) is 84.9 Å². The first-order valence-corrected chi connectivity index (χ1v) is 11.3. The Labute approximate surface area is 204 Å². The zero-order valence-corrected chi connectivity index (χ0v) is 19.3. The zero-order chi connectivity index (χ0) is 24.6. The van der Waals surface area contributed by atoms with Crippen LogP contribution in [0.3, 0.4) is 0 Å². The number of benzene rings is 3. The van der Waals surface area contributed by atoms with Gasteiger partial charge in [-0.25, -0.2) is 0 Å². The van der Waals surface area contributed by atoms with Gasteiger partial charge in [-0.05, 0) is 35.7 Å². The van der Waals surface area contributed by atoms with Crippen LogP contribution in [0.5, 0.6) is 0 Å². The van der Waals surface area contributed by atoms with Crippen LogP contribution in [0.25, 0.3) is 11.1 Å². The van der Waals surface area contributed by atoms with E-state index in [0.717, 1.165) is 27.9 Å². The topological polar surface area (TPSA) is 107 Å². The van der Waals surface area contributed by atoms with E-state index in [0.29, 0.717) is 17.6 Å². The van der Waals surface area contributed by atoms with E-state index in [1.54, 1.807) is 12.1 Å². The molecule has 3 aromatic carbocycles. The van der Waals surface area contributed by atoms with E-state index >= 15 is 0 Å². The predicted molar refractivity (Wildman–Crippen MR) is 137 cm³/mol. The summed E-state index contributed by atoms with van der Waals surface area (Å²) in [5.74, 6) is -0.599. The molecule has 0 spiro atoms. The van der Waals surface area contributed by atoms with Crippen molar-refractivity contribution in [3.8, 4) is 11.1 Å². The molecule has 0 unspecified atom stereocenters. The summed E-state index contributed by atoms with van der Waals surface area (Å²) in [5.41, 5.74) is 5.67. The van der Waals surface area contributed by atoms with E-state index in [1.807, 2.05) is 79.7 Å². The number of nitrogens with zero attached hydrogens (tertiary/aromatic N) is 1. The first-order chi connectivity index (χ1) is 17.1. The van der Waals surface area contributed by atoms with Crippen LogP contribution < -0.4 is 10.5 Å². The number of hydrogen-bond acceptors (Lipinski definition) is 5. The molecule has 1 aromatic heterocycles. The highest BCUT2D eigenvalue weighted by Gasteiger charge is 2.30. The van der Waals surface area contributed by atoms with Gasteiger partial charge in [-0.15, -0.1) is 0 Å². The molecule has 175 valence electrons. The van der Waals surface area contributed by atoms with Crippen LogP contribution in [-0.4, -0.2) is 40.9 Å². The molecule has 1 atom stereocenters. The molecule has 4 rings (SSSR count). The maximum absolute atomic E-state index is 13.5. The molecule has 8 heteroatoms. The normalized spacial score (nSPS) is 11.7. The number of carbonyl (C=O) groups is 2. The van der Waals surface area contributed by atoms with Crippen LogP contribution >= 0.6 is 0 Å². The number of amides is 1. The van der Waals surface area contributed by atoms with Gasteiger partial charge in [0.1, 0.15) is 0 Å². The van der Waals surface area contributed by atoms with E-state index < -0.39 is 6.04 Å². The van der Waals surface area contributed by atoms with E-state index in [4.69, 9.17) is 0 Å². The molecule has 0 aliphatic rings. The summed E-state index contributed by atoms with van der Waals surface area (Å²) < 4.78 is 0. The van der Waals surface area contributed by atoms with Gasteiger partial charge in [0.25, 0.3) is 7.41 Å². The van der Waals surface area contributed by atoms with Gasteiger partial charge >= 0.3 is 0 Å². The molecular formula is C27H26BN4O3. The highest BCUT2D eigenvalue weighted by atomic mass is 16.3. The molecule has 4 aromatic rings. The second kappa shape index (κ2) is 11.4. The van der Waals surface area contributed by atoms with Crippen molar-refractivity contribution < 1.29 is 14.7 Å². The van der Waals surface area contributed by atoms with Crippen molar-refractivity contribution in [3.05, 3.63) is 107 Å². The van der Waals surface area contributed by atoms with Gasteiger partial charge in [0.15, 0.2) is 0 Å². The second-order valence-electron chi connectivity index (χ2n) is 8.14. The summed E-state index contributed by atoms with van der Waals surface area (Å²) in [5, 5.41) is 22.6. The third kappa shape index (κ3) is 5.56. The number of aliphatic hydroxyl groups excluding tert-OH is 1. The van der Waals surface area contributed by atoms with Crippen molar-refractivity contribution in [2.24, 2.45) is 0 Å². The Morgan fingerprint density at radius 2 is 1.60 bits per heavy atom. The van der Waals surface area contributed by atoms with Crippen molar-refractivity contribution in [2.75, 3.05) is 5.32 Å². The first-order valence-electron chi connectivity index (χ1n) is 11.3. The number of anilines is 1. The van der Waals surface area contributed by atoms with Crippen molar-refractivity contribution >= 4 is 25.2 Å². The monoisotopic (exact) mass is 465 g/mol. The molecule has 1 amide bonds. The number of nitrogens with one attached hydrogen (secondary N) is 3. The van der Waals surface area contributed by atoms with Crippen molar-refractivity contribution in [1.29, 1.82) is 0 Å². The fraction of sp³-hybridized carbons (Fsp3) is 0.148. The summed E-state index contributed by atoms with van der Waals surface area (Å²) in [4.78, 5) is 24.7. The average molecular weight is 465 g/mol. The number of aliphatic hydroxyl groups is 1. The SMILES string of the molecule is Cc1[nH]nc(CO)c1-c1ccc(NC(=O)[C@@H](N[B]C=O)C(c2ccccc2)c2ccccc2)cc1. The predicted octanol–water partition coefficient (Wildman–Crippen LogP) is 3.42. The Hall–Kier alpha value is -4.01. The first kappa shape index (κ1) is 24.1. The lowest BCUT2D eigenvalue weighted by atomic mass is 9.81. The largest absolute Gasteiger partial charge is 0.390 e. The van der Waals surface area contributed by atoms with Gasteiger partial charge in [-0.1, -0.05) is 72.8 Å². The third-order valence-corrected chi connectivity index (χ3v) is 5.89. The molecule has 0 aliphatic carbocycles. The maximum Gasteiger partial charge on any atom is 0.291 e. The fourth-order valence-corrected chi connectivity index (χ4v) is 4.28. The van der Waals surface area contributed by atoms with E-state index in [2.05, 4.69) is 20.7 Å². The minimum Gasteiger partial charge on any atom is -0.390 e. The van der Waals surface area contributed by atoms with Gasteiger partial charge in [-0.2, -0.15) is 5.10 Å². The lowest BCUT2D eigenvalue weighted by Gasteiger charge is -2.28. The second-order valence-corrected chi connectivity index (χ2v) is 8.14. The minimum absolute atomic E-state index is 0.168. The summed E-state index contributed by atoms with van der Waals surface area (Å²) >= 11 is 0. The molecule has 7 nitrogen and oxygen atoms in total. The number of aromatic amines is 1. The van der Waals surface area contributed by atoms with E-state index in [1.165, 1.54) is 7.41 Å². The van der Waals surface area contributed by atoms with Crippen molar-refractivity contribution in [3.63, 3.8) is 0 Å². The number of hydrogen-bond donors (Lipinski definition) is 4. The van der Waals surface area contributed by atoms with Crippen LogP contribution in [0.4, 0.5) is 5.69 Å². The highest BCUT2D eigenvalue weighted by molar-refractivity contribution is 6.64. The van der Waals surface area contributed by atoms with E-state index in [9.17, 15) is 14.7 Å². The summed E-state index contributed by atoms with van der Waals surface area (Å²) in [6.45, 7) is 1.73. The Morgan fingerprint density at radius 3 is 2.14 bits per heavy atom. The molecule has 1 radical (unpaired) electrons. The molecule has 1 heterocycles. The highest BCUT2D eigenvalue weighted by Crippen LogP contribution is 2.30. The number of rotatable bonds is 10. The number of aromatic nitrogens is 2. The average Bonchev–Trinajstić information content (AvgIpc) is 3.28. The fourth-order valence-electron chi connectivity index (χ4n) is 4.28. The Bertz CT molecular complexity index is 1220. The van der Waals surface area contributed by atoms with Gasteiger partial charge in [0.05, 0.1) is 24.5 Å². The smallest absolute Gasteiger partial charge is 0.291 e. The van der Waals surface area contributed by atoms with Crippen LogP contribution in [0.1, 0.15) is 28.4 Å². The third-order valence-electron chi connectivity index (χ3n) is 5.89. The zero-order valence-electron chi connectivity index (χ0n) is 19.3. The molecule has 0 bridgehead atoms. The van der Waals surface area contributed by atoms with Crippen molar-refractivity contribution in [2.45, 2.75) is 25.5 Å². The van der Waals surface area contributed by atoms with Gasteiger partial charge in [0, 0.05) is 22.9 Å². The molecule has 35 heavy (non-hydrogen) atoms. The Kier molecular flexibility index (Phi) is 7.87. The summed E-state index contributed by atoms with van der Waals surface area (Å²) in [6, 6.07) is 26.1. The van der Waals surface area contributed by atoms with Gasteiger partial charge in [0.2, 0.25) is 5.91 Å². The number of aryl methyl sites for hydroxylation is 1. The summed E-state index contributed by atoms with van der Waals surface area (Å²) in [7, 11) is 1.25. The Morgan fingerprint density at radius 1 is 1.00 bits per heavy atom. The molecule has 0 saturated carbocycles. The van der Waals surface area contributed by atoms with Crippen LogP contribution in [0.2, 0.25) is 0 Å².